The first kappa shape index (κ1) is 11.1. The molecule has 0 saturated carbocycles. The number of nitrogens with zero attached hydrogens (tertiary/aromatic N) is 1. The lowest BCUT2D eigenvalue weighted by atomic mass is 10.2. The molecule has 0 heterocycles. The average Bonchev–Trinajstić information content (AvgIpc) is 2.40. The Bertz CT molecular complexity index is 544. The van der Waals surface area contributed by atoms with Crippen LogP contribution in [0.25, 0.3) is 0 Å². The SMILES string of the molecule is COC(=O)c1ccc(N=C2C=C=CC=C2)cc1. The third-order valence-corrected chi connectivity index (χ3v) is 2.24. The van der Waals surface area contributed by atoms with E-state index in [1.807, 2.05) is 18.2 Å². The van der Waals surface area contributed by atoms with Crippen LogP contribution in [0, 0.1) is 0 Å². The number of ether oxygens (including phenoxy) is 1. The van der Waals surface area contributed by atoms with Crippen molar-refractivity contribution in [2.45, 2.75) is 0 Å². The summed E-state index contributed by atoms with van der Waals surface area (Å²) in [7, 11) is 1.36. The van der Waals surface area contributed by atoms with Crippen LogP contribution in [-0.4, -0.2) is 18.8 Å². The van der Waals surface area contributed by atoms with E-state index in [0.717, 1.165) is 11.4 Å². The fourth-order valence-electron chi connectivity index (χ4n) is 1.39. The van der Waals surface area contributed by atoms with Gasteiger partial charge in [0.15, 0.2) is 0 Å². The van der Waals surface area contributed by atoms with E-state index in [1.165, 1.54) is 7.11 Å². The summed E-state index contributed by atoms with van der Waals surface area (Å²) in [6.07, 6.45) is 7.39. The fourth-order valence-corrected chi connectivity index (χ4v) is 1.39. The van der Waals surface area contributed by atoms with Crippen LogP contribution < -0.4 is 0 Å². The summed E-state index contributed by atoms with van der Waals surface area (Å²) >= 11 is 0. The summed E-state index contributed by atoms with van der Waals surface area (Å²) in [6.45, 7) is 0. The third-order valence-electron chi connectivity index (χ3n) is 2.24. The van der Waals surface area contributed by atoms with E-state index in [1.54, 1.807) is 30.3 Å². The number of rotatable bonds is 2. The molecule has 1 aliphatic rings. The summed E-state index contributed by atoms with van der Waals surface area (Å²) in [5.41, 5.74) is 5.09. The molecule has 0 bridgehead atoms. The van der Waals surface area contributed by atoms with Crippen molar-refractivity contribution in [3.8, 4) is 0 Å². The highest BCUT2D eigenvalue weighted by Gasteiger charge is 2.03. The number of hydrogen-bond acceptors (Lipinski definition) is 3. The minimum Gasteiger partial charge on any atom is -0.465 e. The van der Waals surface area contributed by atoms with Gasteiger partial charge >= 0.3 is 5.97 Å². The van der Waals surface area contributed by atoms with E-state index in [-0.39, 0.29) is 5.97 Å². The molecular weight excluding hydrogens is 214 g/mol. The summed E-state index contributed by atoms with van der Waals surface area (Å²) in [5.74, 6) is -0.343. The van der Waals surface area contributed by atoms with Crippen LogP contribution in [0.4, 0.5) is 5.69 Å². The standard InChI is InChI=1S/C14H11NO2/c1-17-14(16)11-7-9-13(10-8-11)15-12-5-3-2-4-6-12/h2-3,5-10H,1H3. The zero-order chi connectivity index (χ0) is 12.1. The number of allylic oxidation sites excluding steroid dienone is 3. The molecular formula is C14H11NO2. The molecule has 0 unspecified atom stereocenters. The highest BCUT2D eigenvalue weighted by atomic mass is 16.5. The van der Waals surface area contributed by atoms with Gasteiger partial charge in [0.25, 0.3) is 0 Å². The molecule has 0 saturated heterocycles. The van der Waals surface area contributed by atoms with Crippen LogP contribution in [0.5, 0.6) is 0 Å². The number of aliphatic imine (C=N–C) groups is 1. The van der Waals surface area contributed by atoms with Crippen molar-refractivity contribution in [1.82, 2.24) is 0 Å². The van der Waals surface area contributed by atoms with E-state index in [4.69, 9.17) is 0 Å². The molecule has 3 nitrogen and oxygen atoms in total. The molecule has 0 amide bonds. The molecule has 0 radical (unpaired) electrons. The zero-order valence-corrected chi connectivity index (χ0v) is 9.38. The molecule has 84 valence electrons. The number of methoxy groups -OCH3 is 1. The summed E-state index contributed by atoms with van der Waals surface area (Å²) in [6, 6.07) is 6.94. The van der Waals surface area contributed by atoms with Crippen LogP contribution in [0.3, 0.4) is 0 Å². The van der Waals surface area contributed by atoms with Crippen LogP contribution in [0.2, 0.25) is 0 Å². The van der Waals surface area contributed by atoms with Crippen molar-refractivity contribution < 1.29 is 9.53 Å². The lowest BCUT2D eigenvalue weighted by molar-refractivity contribution is 0.0601. The van der Waals surface area contributed by atoms with Gasteiger partial charge in [-0.2, -0.15) is 0 Å². The summed E-state index contributed by atoms with van der Waals surface area (Å²) in [5, 5.41) is 0. The highest BCUT2D eigenvalue weighted by molar-refractivity contribution is 6.06. The van der Waals surface area contributed by atoms with Crippen LogP contribution in [-0.2, 0) is 4.74 Å². The van der Waals surface area contributed by atoms with Gasteiger partial charge in [-0.1, -0.05) is 6.08 Å². The van der Waals surface area contributed by atoms with Crippen molar-refractivity contribution in [3.05, 3.63) is 59.9 Å². The quantitative estimate of drug-likeness (QED) is 0.573. The Kier molecular flexibility index (Phi) is 3.34. The van der Waals surface area contributed by atoms with Gasteiger partial charge in [-0.05, 0) is 36.4 Å². The Labute approximate surface area is 99.4 Å². The van der Waals surface area contributed by atoms with Crippen molar-refractivity contribution in [2.75, 3.05) is 7.11 Å². The monoisotopic (exact) mass is 225 g/mol. The second-order valence-electron chi connectivity index (χ2n) is 3.41. The maximum Gasteiger partial charge on any atom is 0.337 e. The Morgan fingerprint density at radius 3 is 2.65 bits per heavy atom. The summed E-state index contributed by atoms with van der Waals surface area (Å²) in [4.78, 5) is 15.6. The van der Waals surface area contributed by atoms with Gasteiger partial charge in [0.1, 0.15) is 0 Å². The van der Waals surface area contributed by atoms with E-state index >= 15 is 0 Å². The first-order valence-corrected chi connectivity index (χ1v) is 5.16. The molecule has 0 N–H and O–H groups in total. The van der Waals surface area contributed by atoms with Gasteiger partial charge in [-0.25, -0.2) is 9.79 Å². The Hall–Kier alpha value is -2.38. The molecule has 2 rings (SSSR count). The molecule has 0 atom stereocenters. The van der Waals surface area contributed by atoms with Gasteiger partial charge in [0.2, 0.25) is 0 Å². The van der Waals surface area contributed by atoms with E-state index in [9.17, 15) is 4.79 Å². The highest BCUT2D eigenvalue weighted by Crippen LogP contribution is 2.14. The molecule has 1 aromatic rings. The minimum atomic E-state index is -0.343. The van der Waals surface area contributed by atoms with Gasteiger partial charge in [0, 0.05) is 6.08 Å². The number of benzene rings is 1. The fraction of sp³-hybridized carbons (Fsp3) is 0.0714. The maximum absolute atomic E-state index is 11.2. The smallest absolute Gasteiger partial charge is 0.337 e. The van der Waals surface area contributed by atoms with Crippen molar-refractivity contribution in [3.63, 3.8) is 0 Å². The maximum atomic E-state index is 11.2. The molecule has 17 heavy (non-hydrogen) atoms. The number of carbonyl (C=O) groups excluding carboxylic acids is 1. The Balaban J connectivity index is 2.22. The predicted molar refractivity (Wildman–Crippen MR) is 66.7 cm³/mol. The van der Waals surface area contributed by atoms with Gasteiger partial charge < -0.3 is 4.74 Å². The van der Waals surface area contributed by atoms with Gasteiger partial charge in [-0.3, -0.25) is 0 Å². The topological polar surface area (TPSA) is 38.7 Å². The van der Waals surface area contributed by atoms with E-state index in [0.29, 0.717) is 5.56 Å². The molecule has 3 heteroatoms. The van der Waals surface area contributed by atoms with Crippen LogP contribution >= 0.6 is 0 Å². The lowest BCUT2D eigenvalue weighted by Gasteiger charge is -2.00. The zero-order valence-electron chi connectivity index (χ0n) is 9.38. The molecule has 1 aliphatic carbocycles. The third kappa shape index (κ3) is 2.80. The Morgan fingerprint density at radius 2 is 2.06 bits per heavy atom. The van der Waals surface area contributed by atoms with E-state index < -0.39 is 0 Å². The van der Waals surface area contributed by atoms with Crippen molar-refractivity contribution >= 4 is 17.4 Å². The second-order valence-corrected chi connectivity index (χ2v) is 3.41. The van der Waals surface area contributed by atoms with Crippen molar-refractivity contribution in [1.29, 1.82) is 0 Å². The lowest BCUT2D eigenvalue weighted by Crippen LogP contribution is -1.99. The number of carbonyl (C=O) groups is 1. The van der Waals surface area contributed by atoms with Crippen molar-refractivity contribution in [2.24, 2.45) is 4.99 Å². The van der Waals surface area contributed by atoms with E-state index in [2.05, 4.69) is 15.5 Å². The average molecular weight is 225 g/mol. The second kappa shape index (κ2) is 5.10. The van der Waals surface area contributed by atoms with Gasteiger partial charge in [0.05, 0.1) is 24.1 Å². The molecule has 0 spiro atoms. The number of hydrogen-bond donors (Lipinski definition) is 0. The Morgan fingerprint density at radius 1 is 1.29 bits per heavy atom. The molecule has 0 aliphatic heterocycles. The predicted octanol–water partition coefficient (Wildman–Crippen LogP) is 2.83. The van der Waals surface area contributed by atoms with Gasteiger partial charge in [-0.15, -0.1) is 5.73 Å². The minimum absolute atomic E-state index is 0.343. The summed E-state index contributed by atoms with van der Waals surface area (Å²) < 4.78 is 4.62. The molecule has 1 aromatic carbocycles. The molecule has 0 fully saturated rings. The first-order valence-electron chi connectivity index (χ1n) is 5.16. The number of esters is 1. The van der Waals surface area contributed by atoms with Crippen LogP contribution in [0.1, 0.15) is 10.4 Å². The molecule has 0 aromatic heterocycles. The largest absolute Gasteiger partial charge is 0.465 e. The first-order chi connectivity index (χ1) is 8.29. The normalized spacial score (nSPS) is 15.2. The van der Waals surface area contributed by atoms with Crippen LogP contribution in [0.15, 0.2) is 59.3 Å².